The number of rotatable bonds is 72. The molecule has 542 valence electrons. The highest BCUT2D eigenvalue weighted by molar-refractivity contribution is 5.76. The third-order valence-corrected chi connectivity index (χ3v) is 19.2. The van der Waals surface area contributed by atoms with Gasteiger partial charge in [-0.15, -0.1) is 0 Å². The van der Waals surface area contributed by atoms with Crippen molar-refractivity contribution in [3.05, 3.63) is 36.5 Å². The van der Waals surface area contributed by atoms with Crippen molar-refractivity contribution in [3.8, 4) is 0 Å². The molecule has 7 atom stereocenters. The quantitative estimate of drug-likeness (QED) is 0.0195. The van der Waals surface area contributed by atoms with E-state index in [1.165, 1.54) is 315 Å². The topological polar surface area (TPSA) is 175 Å². The third-order valence-electron chi connectivity index (χ3n) is 19.2. The second kappa shape index (κ2) is 70.2. The van der Waals surface area contributed by atoms with E-state index in [0.717, 1.165) is 64.2 Å². The molecule has 1 saturated heterocycles. The number of aliphatic hydroxyl groups is 5. The summed E-state index contributed by atoms with van der Waals surface area (Å²) in [4.78, 5) is 25.1. The van der Waals surface area contributed by atoms with Gasteiger partial charge in [-0.2, -0.15) is 0 Å². The van der Waals surface area contributed by atoms with Crippen molar-refractivity contribution in [2.45, 2.75) is 448 Å². The highest BCUT2D eigenvalue weighted by atomic mass is 16.7. The Morgan fingerprint density at radius 3 is 1.08 bits per heavy atom. The number of aliphatic hydroxyl groups excluding tert-OH is 5. The second-order valence-corrected chi connectivity index (χ2v) is 28.1. The van der Waals surface area contributed by atoms with Gasteiger partial charge < -0.3 is 45.1 Å². The van der Waals surface area contributed by atoms with Crippen LogP contribution >= 0.6 is 0 Å². The predicted octanol–water partition coefficient (Wildman–Crippen LogP) is 21.7. The Bertz CT molecular complexity index is 1620. The first kappa shape index (κ1) is 87.9. The number of carbonyl (C=O) groups excluding carboxylic acids is 2. The maximum absolute atomic E-state index is 13.1. The zero-order valence-electron chi connectivity index (χ0n) is 60.5. The first-order valence-corrected chi connectivity index (χ1v) is 40.3. The highest BCUT2D eigenvalue weighted by Crippen LogP contribution is 2.24. The number of unbranched alkanes of at least 4 members (excludes halogenated alkanes) is 54. The molecule has 0 aromatic rings. The molecule has 7 unspecified atom stereocenters. The third kappa shape index (κ3) is 58.1. The lowest BCUT2D eigenvalue weighted by Gasteiger charge is -2.40. The van der Waals surface area contributed by atoms with Crippen molar-refractivity contribution >= 4 is 11.9 Å². The Balaban J connectivity index is 1.90. The minimum atomic E-state index is -1.58. The zero-order valence-corrected chi connectivity index (χ0v) is 60.5. The van der Waals surface area contributed by atoms with E-state index in [2.05, 4.69) is 43.5 Å². The van der Waals surface area contributed by atoms with Crippen LogP contribution in [0.1, 0.15) is 406 Å². The summed E-state index contributed by atoms with van der Waals surface area (Å²) in [6.45, 7) is 4.35. The summed E-state index contributed by atoms with van der Waals surface area (Å²) in [5.74, 6) is -0.170. The van der Waals surface area contributed by atoms with Crippen molar-refractivity contribution in [1.82, 2.24) is 5.32 Å². The number of carbonyl (C=O) groups is 2. The second-order valence-electron chi connectivity index (χ2n) is 28.1. The van der Waals surface area contributed by atoms with Crippen molar-refractivity contribution in [3.63, 3.8) is 0 Å². The van der Waals surface area contributed by atoms with Crippen LogP contribution in [0.5, 0.6) is 0 Å². The standard InChI is InChI=1S/C81H153NO10/c1-3-5-7-9-11-13-15-16-44-48-51-55-59-63-67-74(84)73(72-91-81-80(89)79(88)78(87)75(71-83)92-81)82-76(85)68-64-60-56-52-49-45-42-40-38-36-34-32-30-28-26-24-22-20-18-17-19-21-23-25-27-29-31-33-35-37-39-41-43-46-50-54-58-62-66-70-90-77(86)69-65-61-57-53-47-14-12-10-8-6-4-2/h13,15,48,51,63,67,73-75,78-81,83-84,87-89H,3-12,14,16-47,49-50,52-62,64-66,68-72H2,1-2H3,(H,82,85)/b15-13+,51-48+,67-63+. The molecule has 1 amide bonds. The zero-order chi connectivity index (χ0) is 66.5. The average Bonchev–Trinajstić information content (AvgIpc) is 1.10. The van der Waals surface area contributed by atoms with Crippen LogP contribution in [-0.2, 0) is 23.8 Å². The lowest BCUT2D eigenvalue weighted by atomic mass is 9.99. The van der Waals surface area contributed by atoms with Crippen molar-refractivity contribution in [2.75, 3.05) is 19.8 Å². The fourth-order valence-corrected chi connectivity index (χ4v) is 12.9. The first-order chi connectivity index (χ1) is 45.2. The molecule has 92 heavy (non-hydrogen) atoms. The van der Waals surface area contributed by atoms with Crippen LogP contribution in [0.2, 0.25) is 0 Å². The number of hydrogen-bond acceptors (Lipinski definition) is 10. The molecule has 0 aromatic heterocycles. The van der Waals surface area contributed by atoms with Crippen LogP contribution < -0.4 is 5.32 Å². The van der Waals surface area contributed by atoms with E-state index < -0.39 is 49.5 Å². The molecule has 1 rings (SSSR count). The number of amides is 1. The Morgan fingerprint density at radius 2 is 0.707 bits per heavy atom. The molecule has 1 heterocycles. The maximum Gasteiger partial charge on any atom is 0.305 e. The maximum atomic E-state index is 13.1. The Hall–Kier alpha value is -2.12. The van der Waals surface area contributed by atoms with Gasteiger partial charge in [0.05, 0.1) is 32.0 Å². The van der Waals surface area contributed by atoms with Gasteiger partial charge in [0.15, 0.2) is 6.29 Å². The molecule has 0 radical (unpaired) electrons. The van der Waals surface area contributed by atoms with Gasteiger partial charge in [-0.25, -0.2) is 0 Å². The van der Waals surface area contributed by atoms with Crippen LogP contribution in [0.3, 0.4) is 0 Å². The van der Waals surface area contributed by atoms with E-state index in [4.69, 9.17) is 14.2 Å². The van der Waals surface area contributed by atoms with Gasteiger partial charge >= 0.3 is 5.97 Å². The Kier molecular flexibility index (Phi) is 67.1. The van der Waals surface area contributed by atoms with E-state index in [0.29, 0.717) is 19.4 Å². The Morgan fingerprint density at radius 1 is 0.391 bits per heavy atom. The molecule has 0 aromatic carbocycles. The minimum absolute atomic E-state index is 0.0184. The summed E-state index contributed by atoms with van der Waals surface area (Å²) in [7, 11) is 0. The van der Waals surface area contributed by atoms with Gasteiger partial charge in [0, 0.05) is 12.8 Å². The molecular weight excluding hydrogens is 1150 g/mol. The fourth-order valence-electron chi connectivity index (χ4n) is 12.9. The number of esters is 1. The molecule has 11 nitrogen and oxygen atoms in total. The minimum Gasteiger partial charge on any atom is -0.466 e. The Labute approximate surface area is 568 Å². The lowest BCUT2D eigenvalue weighted by Crippen LogP contribution is -2.60. The van der Waals surface area contributed by atoms with Crippen LogP contribution in [0.4, 0.5) is 0 Å². The highest BCUT2D eigenvalue weighted by Gasteiger charge is 2.44. The molecule has 1 aliphatic rings. The van der Waals surface area contributed by atoms with Crippen molar-refractivity contribution < 1.29 is 49.3 Å². The van der Waals surface area contributed by atoms with Crippen LogP contribution in [-0.4, -0.2) is 100 Å². The molecule has 0 bridgehead atoms. The van der Waals surface area contributed by atoms with Crippen molar-refractivity contribution in [1.29, 1.82) is 0 Å². The van der Waals surface area contributed by atoms with Gasteiger partial charge in [0.2, 0.25) is 5.91 Å². The monoisotopic (exact) mass is 1300 g/mol. The summed E-state index contributed by atoms with van der Waals surface area (Å²) >= 11 is 0. The van der Waals surface area contributed by atoms with Gasteiger partial charge in [0.25, 0.3) is 0 Å². The molecule has 0 spiro atoms. The summed E-state index contributed by atoms with van der Waals surface area (Å²) in [6, 6.07) is -0.830. The van der Waals surface area contributed by atoms with Crippen molar-refractivity contribution in [2.24, 2.45) is 0 Å². The normalized spacial score (nSPS) is 17.7. The summed E-state index contributed by atoms with van der Waals surface area (Å²) in [5, 5.41) is 54.5. The van der Waals surface area contributed by atoms with Crippen LogP contribution in [0.15, 0.2) is 36.5 Å². The molecule has 11 heteroatoms. The molecule has 1 fully saturated rings. The van der Waals surface area contributed by atoms with E-state index in [1.54, 1.807) is 6.08 Å². The van der Waals surface area contributed by atoms with Gasteiger partial charge in [-0.1, -0.05) is 371 Å². The lowest BCUT2D eigenvalue weighted by molar-refractivity contribution is -0.302. The summed E-state index contributed by atoms with van der Waals surface area (Å²) < 4.78 is 16.7. The van der Waals surface area contributed by atoms with Crippen LogP contribution in [0, 0.1) is 0 Å². The van der Waals surface area contributed by atoms with Gasteiger partial charge in [0.1, 0.15) is 24.4 Å². The summed E-state index contributed by atoms with van der Waals surface area (Å²) in [6.07, 6.45) is 81.9. The molecule has 0 aliphatic carbocycles. The number of nitrogens with one attached hydrogen (secondary N) is 1. The fraction of sp³-hybridized carbons (Fsp3) is 0.901. The van der Waals surface area contributed by atoms with Crippen LogP contribution in [0.25, 0.3) is 0 Å². The number of ether oxygens (including phenoxy) is 3. The SMILES string of the molecule is CCCCCC/C=C/CC/C=C/CC/C=C/C(O)C(COC1OC(CO)C(O)C(O)C1O)NC(=O)CCCCCCCCCCCCCCCCCCCCCCCCCCCCCCCCCCCCCCCCCOC(=O)CCCCCCCCCCCCC. The first-order valence-electron chi connectivity index (χ1n) is 40.3. The number of allylic oxidation sites excluding steroid dienone is 5. The van der Waals surface area contributed by atoms with E-state index in [1.807, 2.05) is 6.08 Å². The smallest absolute Gasteiger partial charge is 0.305 e. The number of hydrogen-bond donors (Lipinski definition) is 6. The molecular formula is C81H153NO10. The van der Waals surface area contributed by atoms with Gasteiger partial charge in [-0.05, 0) is 57.8 Å². The summed E-state index contributed by atoms with van der Waals surface area (Å²) in [5.41, 5.74) is 0. The van der Waals surface area contributed by atoms with E-state index in [-0.39, 0.29) is 18.5 Å². The molecule has 1 aliphatic heterocycles. The largest absolute Gasteiger partial charge is 0.466 e. The van der Waals surface area contributed by atoms with E-state index in [9.17, 15) is 35.1 Å². The average molecular weight is 1300 g/mol. The van der Waals surface area contributed by atoms with Gasteiger partial charge in [-0.3, -0.25) is 9.59 Å². The predicted molar refractivity (Wildman–Crippen MR) is 389 cm³/mol. The molecule has 6 N–H and O–H groups in total. The van der Waals surface area contributed by atoms with E-state index >= 15 is 0 Å². The molecule has 0 saturated carbocycles.